The SMILES string of the molecule is CCCCOC(=O)CN1CCc2ccccc21. The van der Waals surface area contributed by atoms with Gasteiger partial charge in [-0.1, -0.05) is 31.5 Å². The molecule has 0 amide bonds. The Hall–Kier alpha value is -1.51. The Labute approximate surface area is 102 Å². The maximum atomic E-state index is 11.6. The molecule has 1 heterocycles. The molecule has 0 aliphatic carbocycles. The van der Waals surface area contributed by atoms with E-state index in [1.54, 1.807) is 0 Å². The second-order valence-corrected chi connectivity index (χ2v) is 4.37. The molecule has 0 fully saturated rings. The average Bonchev–Trinajstić information content (AvgIpc) is 2.73. The minimum absolute atomic E-state index is 0.116. The number of carbonyl (C=O) groups excluding carboxylic acids is 1. The number of nitrogens with zero attached hydrogens (tertiary/aromatic N) is 1. The zero-order valence-corrected chi connectivity index (χ0v) is 10.3. The van der Waals surface area contributed by atoms with Gasteiger partial charge in [0, 0.05) is 12.2 Å². The van der Waals surface area contributed by atoms with Crippen molar-refractivity contribution in [2.24, 2.45) is 0 Å². The molecule has 1 aromatic carbocycles. The van der Waals surface area contributed by atoms with Gasteiger partial charge in [0.15, 0.2) is 0 Å². The summed E-state index contributed by atoms with van der Waals surface area (Å²) in [5.74, 6) is -0.116. The predicted octanol–water partition coefficient (Wildman–Crippen LogP) is 2.39. The summed E-state index contributed by atoms with van der Waals surface area (Å²) in [5.41, 5.74) is 2.51. The van der Waals surface area contributed by atoms with Crippen LogP contribution in [0.5, 0.6) is 0 Å². The van der Waals surface area contributed by atoms with Gasteiger partial charge in [-0.2, -0.15) is 0 Å². The number of hydrogen-bond acceptors (Lipinski definition) is 3. The number of hydrogen-bond donors (Lipinski definition) is 0. The van der Waals surface area contributed by atoms with Gasteiger partial charge in [-0.25, -0.2) is 0 Å². The van der Waals surface area contributed by atoms with Crippen LogP contribution in [0.4, 0.5) is 5.69 Å². The molecule has 0 N–H and O–H groups in total. The molecule has 0 radical (unpaired) electrons. The predicted molar refractivity (Wildman–Crippen MR) is 68.2 cm³/mol. The van der Waals surface area contributed by atoms with E-state index in [2.05, 4.69) is 24.0 Å². The number of ether oxygens (including phenoxy) is 1. The number of unbranched alkanes of at least 4 members (excludes halogenated alkanes) is 1. The molecule has 17 heavy (non-hydrogen) atoms. The van der Waals surface area contributed by atoms with Crippen LogP contribution in [0.1, 0.15) is 25.3 Å². The highest BCUT2D eigenvalue weighted by Crippen LogP contribution is 2.26. The van der Waals surface area contributed by atoms with Crippen molar-refractivity contribution in [1.82, 2.24) is 0 Å². The summed E-state index contributed by atoms with van der Waals surface area (Å²) in [4.78, 5) is 13.7. The van der Waals surface area contributed by atoms with Gasteiger partial charge in [-0.05, 0) is 24.5 Å². The van der Waals surface area contributed by atoms with Crippen molar-refractivity contribution in [2.45, 2.75) is 26.2 Å². The van der Waals surface area contributed by atoms with E-state index in [9.17, 15) is 4.79 Å². The Morgan fingerprint density at radius 3 is 3.06 bits per heavy atom. The van der Waals surface area contributed by atoms with Crippen molar-refractivity contribution in [1.29, 1.82) is 0 Å². The Morgan fingerprint density at radius 2 is 2.24 bits per heavy atom. The van der Waals surface area contributed by atoms with E-state index < -0.39 is 0 Å². The fourth-order valence-electron chi connectivity index (χ4n) is 2.10. The molecule has 92 valence electrons. The van der Waals surface area contributed by atoms with Gasteiger partial charge in [-0.15, -0.1) is 0 Å². The number of carbonyl (C=O) groups is 1. The van der Waals surface area contributed by atoms with E-state index >= 15 is 0 Å². The highest BCUT2D eigenvalue weighted by atomic mass is 16.5. The van der Waals surface area contributed by atoms with Gasteiger partial charge < -0.3 is 9.64 Å². The van der Waals surface area contributed by atoms with Crippen molar-refractivity contribution in [2.75, 3.05) is 24.6 Å². The largest absolute Gasteiger partial charge is 0.464 e. The number of rotatable bonds is 5. The first-order valence-corrected chi connectivity index (χ1v) is 6.29. The summed E-state index contributed by atoms with van der Waals surface area (Å²) in [7, 11) is 0. The molecule has 0 unspecified atom stereocenters. The first-order chi connectivity index (χ1) is 8.31. The van der Waals surface area contributed by atoms with Crippen LogP contribution in [0, 0.1) is 0 Å². The first-order valence-electron chi connectivity index (χ1n) is 6.29. The standard InChI is InChI=1S/C14H19NO2/c1-2-3-10-17-14(16)11-15-9-8-12-6-4-5-7-13(12)15/h4-7H,2-3,8-11H2,1H3. The Balaban J connectivity index is 1.87. The summed E-state index contributed by atoms with van der Waals surface area (Å²) < 4.78 is 5.18. The Bertz CT molecular complexity index is 390. The van der Waals surface area contributed by atoms with Crippen molar-refractivity contribution >= 4 is 11.7 Å². The maximum absolute atomic E-state index is 11.6. The van der Waals surface area contributed by atoms with Crippen molar-refractivity contribution in [3.8, 4) is 0 Å². The third-order valence-corrected chi connectivity index (χ3v) is 3.06. The van der Waals surface area contributed by atoms with E-state index in [0.29, 0.717) is 13.2 Å². The Kier molecular flexibility index (Phi) is 4.02. The monoisotopic (exact) mass is 233 g/mol. The van der Waals surface area contributed by atoms with Gasteiger partial charge in [-0.3, -0.25) is 4.79 Å². The minimum Gasteiger partial charge on any atom is -0.464 e. The lowest BCUT2D eigenvalue weighted by Crippen LogP contribution is -2.29. The van der Waals surface area contributed by atoms with E-state index in [1.165, 1.54) is 11.3 Å². The summed E-state index contributed by atoms with van der Waals surface area (Å²) >= 11 is 0. The van der Waals surface area contributed by atoms with E-state index in [4.69, 9.17) is 4.74 Å². The third kappa shape index (κ3) is 2.99. The summed E-state index contributed by atoms with van der Waals surface area (Å²) in [6.07, 6.45) is 3.03. The first kappa shape index (κ1) is 12.0. The van der Waals surface area contributed by atoms with Gasteiger partial charge >= 0.3 is 5.97 Å². The van der Waals surface area contributed by atoms with Gasteiger partial charge in [0.1, 0.15) is 6.54 Å². The highest BCUT2D eigenvalue weighted by Gasteiger charge is 2.20. The summed E-state index contributed by atoms with van der Waals surface area (Å²) in [6, 6.07) is 8.25. The average molecular weight is 233 g/mol. The summed E-state index contributed by atoms with van der Waals surface area (Å²) in [6.45, 7) is 3.93. The van der Waals surface area contributed by atoms with Crippen LogP contribution in [-0.4, -0.2) is 25.7 Å². The smallest absolute Gasteiger partial charge is 0.325 e. The molecule has 0 saturated heterocycles. The molecule has 3 nitrogen and oxygen atoms in total. The van der Waals surface area contributed by atoms with Crippen LogP contribution in [0.2, 0.25) is 0 Å². The lowest BCUT2D eigenvalue weighted by molar-refractivity contribution is -0.142. The van der Waals surface area contributed by atoms with Crippen LogP contribution in [0.15, 0.2) is 24.3 Å². The quantitative estimate of drug-likeness (QED) is 0.577. The molecule has 2 rings (SSSR count). The van der Waals surface area contributed by atoms with Crippen molar-refractivity contribution in [3.05, 3.63) is 29.8 Å². The molecule has 0 atom stereocenters. The number of esters is 1. The molecular weight excluding hydrogens is 214 g/mol. The molecule has 0 bridgehead atoms. The van der Waals surface area contributed by atoms with Gasteiger partial charge in [0.25, 0.3) is 0 Å². The Morgan fingerprint density at radius 1 is 1.41 bits per heavy atom. The number of para-hydroxylation sites is 1. The molecule has 1 aromatic rings. The number of fused-ring (bicyclic) bond motifs is 1. The fraction of sp³-hybridized carbons (Fsp3) is 0.500. The number of benzene rings is 1. The second kappa shape index (κ2) is 5.71. The van der Waals surface area contributed by atoms with Crippen LogP contribution >= 0.6 is 0 Å². The molecule has 3 heteroatoms. The van der Waals surface area contributed by atoms with Crippen molar-refractivity contribution < 1.29 is 9.53 Å². The van der Waals surface area contributed by atoms with E-state index in [1.807, 2.05) is 12.1 Å². The molecule has 0 aromatic heterocycles. The topological polar surface area (TPSA) is 29.5 Å². The van der Waals surface area contributed by atoms with Crippen LogP contribution in [0.3, 0.4) is 0 Å². The zero-order valence-electron chi connectivity index (χ0n) is 10.3. The van der Waals surface area contributed by atoms with E-state index in [-0.39, 0.29) is 5.97 Å². The zero-order chi connectivity index (χ0) is 12.1. The molecule has 1 aliphatic heterocycles. The third-order valence-electron chi connectivity index (χ3n) is 3.06. The van der Waals surface area contributed by atoms with E-state index in [0.717, 1.165) is 25.8 Å². The molecular formula is C14H19NO2. The number of anilines is 1. The van der Waals surface area contributed by atoms with Crippen LogP contribution in [0.25, 0.3) is 0 Å². The van der Waals surface area contributed by atoms with Crippen LogP contribution < -0.4 is 4.90 Å². The second-order valence-electron chi connectivity index (χ2n) is 4.37. The highest BCUT2D eigenvalue weighted by molar-refractivity contribution is 5.77. The van der Waals surface area contributed by atoms with Crippen molar-refractivity contribution in [3.63, 3.8) is 0 Å². The summed E-state index contributed by atoms with van der Waals surface area (Å²) in [5, 5.41) is 0. The minimum atomic E-state index is -0.116. The lowest BCUT2D eigenvalue weighted by atomic mass is 10.2. The lowest BCUT2D eigenvalue weighted by Gasteiger charge is -2.18. The normalized spacial score (nSPS) is 13.6. The van der Waals surface area contributed by atoms with Gasteiger partial charge in [0.05, 0.1) is 6.61 Å². The maximum Gasteiger partial charge on any atom is 0.325 e. The molecule has 1 aliphatic rings. The fourth-order valence-corrected chi connectivity index (χ4v) is 2.10. The molecule has 0 saturated carbocycles. The van der Waals surface area contributed by atoms with Crippen LogP contribution in [-0.2, 0) is 16.0 Å². The molecule has 0 spiro atoms. The van der Waals surface area contributed by atoms with Gasteiger partial charge in [0.2, 0.25) is 0 Å².